The summed E-state index contributed by atoms with van der Waals surface area (Å²) < 4.78 is 12.7. The van der Waals surface area contributed by atoms with Crippen molar-refractivity contribution in [2.75, 3.05) is 17.2 Å². The van der Waals surface area contributed by atoms with Crippen molar-refractivity contribution >= 4 is 17.5 Å². The zero-order valence-electron chi connectivity index (χ0n) is 9.44. The van der Waals surface area contributed by atoms with E-state index in [1.807, 2.05) is 6.92 Å². The van der Waals surface area contributed by atoms with E-state index in [0.717, 1.165) is 12.2 Å². The molecule has 0 aliphatic carbocycles. The average molecular weight is 232 g/mol. The number of aromatic nitrogens is 2. The monoisotopic (exact) mass is 232 g/mol. The fourth-order valence-corrected chi connectivity index (χ4v) is 1.35. The number of rotatable bonds is 4. The number of hydrogen-bond acceptors (Lipinski definition) is 4. The second-order valence-electron chi connectivity index (χ2n) is 3.43. The molecule has 2 aromatic rings. The molecule has 0 saturated carbocycles. The predicted octanol–water partition coefficient (Wildman–Crippen LogP) is 2.79. The summed E-state index contributed by atoms with van der Waals surface area (Å²) in [5, 5.41) is 6.09. The van der Waals surface area contributed by atoms with Gasteiger partial charge in [-0.1, -0.05) is 0 Å². The molecular formula is C12H13FN4. The van der Waals surface area contributed by atoms with E-state index >= 15 is 0 Å². The first-order chi connectivity index (χ1) is 8.28. The Kier molecular flexibility index (Phi) is 3.49. The zero-order valence-corrected chi connectivity index (χ0v) is 9.44. The zero-order chi connectivity index (χ0) is 12.1. The molecule has 0 amide bonds. The molecule has 0 saturated heterocycles. The third-order valence-corrected chi connectivity index (χ3v) is 2.11. The summed E-state index contributed by atoms with van der Waals surface area (Å²) in [4.78, 5) is 8.32. The van der Waals surface area contributed by atoms with Crippen LogP contribution in [0.3, 0.4) is 0 Å². The van der Waals surface area contributed by atoms with E-state index in [2.05, 4.69) is 20.6 Å². The van der Waals surface area contributed by atoms with Crippen molar-refractivity contribution in [3.8, 4) is 0 Å². The van der Waals surface area contributed by atoms with Crippen LogP contribution in [0.5, 0.6) is 0 Å². The summed E-state index contributed by atoms with van der Waals surface area (Å²) in [5.41, 5.74) is 0.785. The minimum atomic E-state index is -0.258. The van der Waals surface area contributed by atoms with E-state index in [4.69, 9.17) is 0 Å². The molecule has 1 aromatic carbocycles. The van der Waals surface area contributed by atoms with Crippen molar-refractivity contribution in [1.29, 1.82) is 0 Å². The normalized spacial score (nSPS) is 10.0. The largest absolute Gasteiger partial charge is 0.354 e. The summed E-state index contributed by atoms with van der Waals surface area (Å²) in [7, 11) is 0. The Morgan fingerprint density at radius 3 is 2.65 bits per heavy atom. The molecule has 4 nitrogen and oxygen atoms in total. The van der Waals surface area contributed by atoms with Gasteiger partial charge in [-0.25, -0.2) is 9.37 Å². The molecule has 17 heavy (non-hydrogen) atoms. The van der Waals surface area contributed by atoms with Crippen LogP contribution in [0.25, 0.3) is 0 Å². The Morgan fingerprint density at radius 1 is 1.18 bits per heavy atom. The summed E-state index contributed by atoms with van der Waals surface area (Å²) in [6, 6.07) is 7.86. The first kappa shape index (κ1) is 11.3. The Hall–Kier alpha value is -2.17. The summed E-state index contributed by atoms with van der Waals surface area (Å²) in [5.74, 6) is 0.980. The molecule has 0 spiro atoms. The molecule has 5 heteroatoms. The maximum atomic E-state index is 12.7. The van der Waals surface area contributed by atoms with E-state index in [1.165, 1.54) is 12.1 Å². The van der Waals surface area contributed by atoms with Gasteiger partial charge < -0.3 is 10.6 Å². The maximum Gasteiger partial charge on any atom is 0.224 e. The highest BCUT2D eigenvalue weighted by Crippen LogP contribution is 2.15. The van der Waals surface area contributed by atoms with E-state index in [1.54, 1.807) is 24.4 Å². The Bertz CT molecular complexity index is 484. The van der Waals surface area contributed by atoms with Gasteiger partial charge in [0.25, 0.3) is 0 Å². The second-order valence-corrected chi connectivity index (χ2v) is 3.43. The van der Waals surface area contributed by atoms with Gasteiger partial charge in [-0.2, -0.15) is 4.98 Å². The first-order valence-electron chi connectivity index (χ1n) is 5.37. The lowest BCUT2D eigenvalue weighted by atomic mass is 10.3. The molecule has 0 atom stereocenters. The highest BCUT2D eigenvalue weighted by Gasteiger charge is 1.99. The van der Waals surface area contributed by atoms with Crippen LogP contribution in [0, 0.1) is 5.82 Å². The second kappa shape index (κ2) is 5.25. The average Bonchev–Trinajstić information content (AvgIpc) is 2.33. The van der Waals surface area contributed by atoms with Gasteiger partial charge in [0.15, 0.2) is 0 Å². The Labute approximate surface area is 98.9 Å². The van der Waals surface area contributed by atoms with Crippen molar-refractivity contribution in [3.63, 3.8) is 0 Å². The minimum absolute atomic E-state index is 0.258. The molecule has 1 heterocycles. The SMILES string of the molecule is CCNc1nccc(Nc2ccc(F)cc2)n1. The van der Waals surface area contributed by atoms with Crippen LogP contribution in [0.15, 0.2) is 36.5 Å². The lowest BCUT2D eigenvalue weighted by molar-refractivity contribution is 0.628. The van der Waals surface area contributed by atoms with Gasteiger partial charge in [0.05, 0.1) is 0 Å². The standard InChI is InChI=1S/C12H13FN4/c1-2-14-12-15-8-7-11(17-12)16-10-5-3-9(13)4-6-10/h3-8H,2H2,1H3,(H2,14,15,16,17). The van der Waals surface area contributed by atoms with Crippen molar-refractivity contribution in [1.82, 2.24) is 9.97 Å². The van der Waals surface area contributed by atoms with Gasteiger partial charge in [0.1, 0.15) is 11.6 Å². The third kappa shape index (κ3) is 3.14. The quantitative estimate of drug-likeness (QED) is 0.851. The van der Waals surface area contributed by atoms with Crippen molar-refractivity contribution in [2.24, 2.45) is 0 Å². The summed E-state index contributed by atoms with van der Waals surface area (Å²) >= 11 is 0. The van der Waals surface area contributed by atoms with Gasteiger partial charge in [-0.15, -0.1) is 0 Å². The smallest absolute Gasteiger partial charge is 0.224 e. The molecule has 0 aliphatic rings. The lowest BCUT2D eigenvalue weighted by Gasteiger charge is -2.07. The lowest BCUT2D eigenvalue weighted by Crippen LogP contribution is -2.03. The van der Waals surface area contributed by atoms with E-state index in [9.17, 15) is 4.39 Å². The molecule has 0 radical (unpaired) electrons. The van der Waals surface area contributed by atoms with Gasteiger partial charge in [0.2, 0.25) is 5.95 Å². The molecule has 0 fully saturated rings. The van der Waals surface area contributed by atoms with Crippen molar-refractivity contribution in [2.45, 2.75) is 6.92 Å². The van der Waals surface area contributed by atoms with E-state index in [0.29, 0.717) is 11.8 Å². The fourth-order valence-electron chi connectivity index (χ4n) is 1.35. The van der Waals surface area contributed by atoms with Crippen LogP contribution in [-0.2, 0) is 0 Å². The molecule has 0 aliphatic heterocycles. The fraction of sp³-hybridized carbons (Fsp3) is 0.167. The van der Waals surface area contributed by atoms with Crippen LogP contribution in [0.1, 0.15) is 6.92 Å². The van der Waals surface area contributed by atoms with Crippen LogP contribution >= 0.6 is 0 Å². The molecule has 2 rings (SSSR count). The van der Waals surface area contributed by atoms with Crippen LogP contribution in [0.2, 0.25) is 0 Å². The summed E-state index contributed by atoms with van der Waals surface area (Å²) in [6.07, 6.45) is 1.66. The van der Waals surface area contributed by atoms with Gasteiger partial charge in [-0.05, 0) is 37.3 Å². The molecule has 88 valence electrons. The predicted molar refractivity (Wildman–Crippen MR) is 65.9 cm³/mol. The van der Waals surface area contributed by atoms with Crippen molar-refractivity contribution in [3.05, 3.63) is 42.3 Å². The number of nitrogens with one attached hydrogen (secondary N) is 2. The number of nitrogens with zero attached hydrogens (tertiary/aromatic N) is 2. The maximum absolute atomic E-state index is 12.7. The number of benzene rings is 1. The third-order valence-electron chi connectivity index (χ3n) is 2.11. The molecule has 0 bridgehead atoms. The number of hydrogen-bond donors (Lipinski definition) is 2. The molecule has 1 aromatic heterocycles. The molecule has 2 N–H and O–H groups in total. The first-order valence-corrected chi connectivity index (χ1v) is 5.37. The highest BCUT2D eigenvalue weighted by atomic mass is 19.1. The topological polar surface area (TPSA) is 49.8 Å². The minimum Gasteiger partial charge on any atom is -0.354 e. The van der Waals surface area contributed by atoms with Gasteiger partial charge in [-0.3, -0.25) is 0 Å². The highest BCUT2D eigenvalue weighted by molar-refractivity contribution is 5.56. The molecule has 0 unspecified atom stereocenters. The van der Waals surface area contributed by atoms with Crippen LogP contribution in [-0.4, -0.2) is 16.5 Å². The van der Waals surface area contributed by atoms with Crippen LogP contribution in [0.4, 0.5) is 21.8 Å². The number of halogens is 1. The molecular weight excluding hydrogens is 219 g/mol. The van der Waals surface area contributed by atoms with Crippen molar-refractivity contribution < 1.29 is 4.39 Å². The van der Waals surface area contributed by atoms with Gasteiger partial charge >= 0.3 is 0 Å². The van der Waals surface area contributed by atoms with E-state index < -0.39 is 0 Å². The number of anilines is 3. The van der Waals surface area contributed by atoms with E-state index in [-0.39, 0.29) is 5.82 Å². The van der Waals surface area contributed by atoms with Gasteiger partial charge in [0, 0.05) is 18.4 Å². The summed E-state index contributed by atoms with van der Waals surface area (Å²) in [6.45, 7) is 2.74. The Balaban J connectivity index is 2.12. The Morgan fingerprint density at radius 2 is 1.94 bits per heavy atom. The van der Waals surface area contributed by atoms with Crippen LogP contribution < -0.4 is 10.6 Å².